The predicted octanol–water partition coefficient (Wildman–Crippen LogP) is 5.18. The first kappa shape index (κ1) is 29.8. The molecule has 0 aliphatic heterocycles. The fourth-order valence-electron chi connectivity index (χ4n) is 4.66. The summed E-state index contributed by atoms with van der Waals surface area (Å²) in [6, 6.07) is 9.59. The Morgan fingerprint density at radius 2 is 1.85 bits per heavy atom. The van der Waals surface area contributed by atoms with Crippen molar-refractivity contribution in [1.29, 1.82) is 0 Å². The summed E-state index contributed by atoms with van der Waals surface area (Å²) in [6.45, 7) is 5.14. The van der Waals surface area contributed by atoms with E-state index in [0.717, 1.165) is 56.1 Å². The summed E-state index contributed by atoms with van der Waals surface area (Å²) in [4.78, 5) is 39.5. The number of thiophene rings is 1. The number of carbonyl (C=O) groups excluding carboxylic acids is 3. The Morgan fingerprint density at radius 1 is 1.05 bits per heavy atom. The van der Waals surface area contributed by atoms with E-state index in [0.29, 0.717) is 34.5 Å². The van der Waals surface area contributed by atoms with Crippen LogP contribution < -0.4 is 10.6 Å². The van der Waals surface area contributed by atoms with Crippen LogP contribution in [0, 0.1) is 0 Å². The maximum absolute atomic E-state index is 13.0. The smallest absolute Gasteiger partial charge is 0.341 e. The molecule has 1 aromatic carbocycles. The number of unbranched alkanes of at least 4 members (excludes halogenated alkanes) is 1. The molecule has 1 aliphatic carbocycles. The molecular weight excluding hydrogens is 546 g/mol. The molecule has 2 aromatic heterocycles. The molecule has 2 amide bonds. The lowest BCUT2D eigenvalue weighted by molar-refractivity contribution is -0.120. The highest BCUT2D eigenvalue weighted by atomic mass is 32.2. The molecule has 2 N–H and O–H groups in total. The highest BCUT2D eigenvalue weighted by Crippen LogP contribution is 2.38. The van der Waals surface area contributed by atoms with E-state index < -0.39 is 0 Å². The van der Waals surface area contributed by atoms with Crippen LogP contribution in [0.2, 0.25) is 0 Å². The third-order valence-corrected chi connectivity index (χ3v) is 8.84. The topological polar surface area (TPSA) is 115 Å². The molecule has 3 aromatic rings. The zero-order valence-corrected chi connectivity index (χ0v) is 24.8. The number of hydrogen-bond acceptors (Lipinski definition) is 8. The molecule has 2 heterocycles. The molecule has 0 radical (unpaired) electrons. The molecule has 0 bridgehead atoms. The van der Waals surface area contributed by atoms with Gasteiger partial charge in [-0.05, 0) is 50.2 Å². The molecule has 0 saturated carbocycles. The van der Waals surface area contributed by atoms with Gasteiger partial charge in [0, 0.05) is 11.4 Å². The van der Waals surface area contributed by atoms with E-state index in [9.17, 15) is 14.4 Å². The van der Waals surface area contributed by atoms with Crippen molar-refractivity contribution in [2.75, 3.05) is 17.7 Å². The molecule has 11 heteroatoms. The second kappa shape index (κ2) is 15.0. The zero-order valence-electron chi connectivity index (χ0n) is 23.2. The van der Waals surface area contributed by atoms with Crippen LogP contribution in [0.15, 0.2) is 35.5 Å². The fraction of sp³-hybridized carbons (Fsp3) is 0.483. The van der Waals surface area contributed by atoms with E-state index in [1.165, 1.54) is 28.0 Å². The zero-order chi connectivity index (χ0) is 28.3. The van der Waals surface area contributed by atoms with Crippen LogP contribution in [0.3, 0.4) is 0 Å². The second-order valence-electron chi connectivity index (χ2n) is 9.67. The molecule has 0 fully saturated rings. The molecule has 214 valence electrons. The first-order valence-corrected chi connectivity index (χ1v) is 15.8. The average Bonchev–Trinajstić information content (AvgIpc) is 3.41. The highest BCUT2D eigenvalue weighted by Gasteiger charge is 2.27. The van der Waals surface area contributed by atoms with E-state index in [2.05, 4.69) is 27.8 Å². The number of carbonyl (C=O) groups is 3. The number of amides is 2. The van der Waals surface area contributed by atoms with Gasteiger partial charge in [0.15, 0.2) is 11.0 Å². The van der Waals surface area contributed by atoms with Gasteiger partial charge in [0.1, 0.15) is 5.00 Å². The Bertz CT molecular complexity index is 1310. The SMILES string of the molecule is CCCCn1c(CNC(=O)Cc2ccccc2)nnc1SCC(=O)Nc1sc2c(c1C(=O)OCC)CCCCC2. The van der Waals surface area contributed by atoms with Crippen molar-refractivity contribution in [3.63, 3.8) is 0 Å². The molecule has 9 nitrogen and oxygen atoms in total. The number of aromatic nitrogens is 3. The van der Waals surface area contributed by atoms with Crippen LogP contribution in [0.25, 0.3) is 0 Å². The average molecular weight is 584 g/mol. The van der Waals surface area contributed by atoms with Crippen molar-refractivity contribution in [3.05, 3.63) is 57.7 Å². The highest BCUT2D eigenvalue weighted by molar-refractivity contribution is 7.99. The lowest BCUT2D eigenvalue weighted by Gasteiger charge is -2.11. The molecule has 1 aliphatic rings. The van der Waals surface area contributed by atoms with Gasteiger partial charge < -0.3 is 19.9 Å². The molecule has 0 saturated heterocycles. The Morgan fingerprint density at radius 3 is 2.62 bits per heavy atom. The van der Waals surface area contributed by atoms with Gasteiger partial charge in [0.25, 0.3) is 0 Å². The molecular formula is C29H37N5O4S2. The first-order chi connectivity index (χ1) is 19.5. The number of nitrogens with one attached hydrogen (secondary N) is 2. The first-order valence-electron chi connectivity index (χ1n) is 14.0. The Kier molecular flexibility index (Phi) is 11.2. The van der Waals surface area contributed by atoms with Crippen molar-refractivity contribution in [2.45, 2.75) is 83.5 Å². The van der Waals surface area contributed by atoms with Crippen LogP contribution in [-0.4, -0.2) is 44.9 Å². The van der Waals surface area contributed by atoms with Crippen LogP contribution in [0.1, 0.15) is 78.1 Å². The number of anilines is 1. The minimum absolute atomic E-state index is 0.0865. The lowest BCUT2D eigenvalue weighted by Crippen LogP contribution is -2.26. The van der Waals surface area contributed by atoms with Gasteiger partial charge >= 0.3 is 5.97 Å². The molecule has 0 atom stereocenters. The number of rotatable bonds is 13. The maximum Gasteiger partial charge on any atom is 0.341 e. The minimum atomic E-state index is -0.372. The number of benzene rings is 1. The predicted molar refractivity (Wildman–Crippen MR) is 158 cm³/mol. The normalized spacial score (nSPS) is 12.8. The van der Waals surface area contributed by atoms with Crippen LogP contribution in [0.4, 0.5) is 5.00 Å². The molecule has 0 spiro atoms. The van der Waals surface area contributed by atoms with Crippen molar-refractivity contribution in [3.8, 4) is 0 Å². The van der Waals surface area contributed by atoms with Crippen LogP contribution in [0.5, 0.6) is 0 Å². The third kappa shape index (κ3) is 7.94. The van der Waals surface area contributed by atoms with Gasteiger partial charge in [-0.25, -0.2) is 4.79 Å². The van der Waals surface area contributed by atoms with E-state index in [4.69, 9.17) is 4.74 Å². The summed E-state index contributed by atoms with van der Waals surface area (Å²) < 4.78 is 7.31. The van der Waals surface area contributed by atoms with Crippen molar-refractivity contribution < 1.29 is 19.1 Å². The number of esters is 1. The summed E-state index contributed by atoms with van der Waals surface area (Å²) in [5, 5.41) is 15.7. The van der Waals surface area contributed by atoms with E-state index in [1.807, 2.05) is 34.9 Å². The quantitative estimate of drug-likeness (QED) is 0.162. The molecule has 4 rings (SSSR count). The molecule has 40 heavy (non-hydrogen) atoms. The number of thioether (sulfide) groups is 1. The standard InChI is InChI=1S/C29H37N5O4S2/c1-3-5-16-34-23(18-30-24(35)17-20-12-8-6-9-13-20)32-33-29(34)39-19-25(36)31-27-26(28(37)38-4-2)21-14-10-7-11-15-22(21)40-27/h6,8-9,12-13H,3-5,7,10-11,14-19H2,1-2H3,(H,30,35)(H,31,36). The van der Waals surface area contributed by atoms with Gasteiger partial charge in [-0.3, -0.25) is 9.59 Å². The van der Waals surface area contributed by atoms with Gasteiger partial charge in [-0.15, -0.1) is 21.5 Å². The second-order valence-corrected chi connectivity index (χ2v) is 11.7. The number of fused-ring (bicyclic) bond motifs is 1. The summed E-state index contributed by atoms with van der Waals surface area (Å²) in [6.07, 6.45) is 7.21. The summed E-state index contributed by atoms with van der Waals surface area (Å²) in [5.74, 6) is 0.105. The van der Waals surface area contributed by atoms with Crippen molar-refractivity contribution >= 4 is 45.9 Å². The van der Waals surface area contributed by atoms with E-state index in [-0.39, 0.29) is 36.7 Å². The van der Waals surface area contributed by atoms with Gasteiger partial charge in [0.2, 0.25) is 11.8 Å². The number of ether oxygens (including phenoxy) is 1. The van der Waals surface area contributed by atoms with E-state index in [1.54, 1.807) is 6.92 Å². The lowest BCUT2D eigenvalue weighted by atomic mass is 10.1. The maximum atomic E-state index is 13.0. The number of aryl methyl sites for hydroxylation is 1. The van der Waals surface area contributed by atoms with E-state index >= 15 is 0 Å². The van der Waals surface area contributed by atoms with Gasteiger partial charge in [-0.1, -0.05) is 61.9 Å². The number of hydrogen-bond donors (Lipinski definition) is 2. The number of nitrogens with zero attached hydrogens (tertiary/aromatic N) is 3. The van der Waals surface area contributed by atoms with Gasteiger partial charge in [-0.2, -0.15) is 0 Å². The van der Waals surface area contributed by atoms with Crippen LogP contribution >= 0.6 is 23.1 Å². The molecule has 0 unspecified atom stereocenters. The minimum Gasteiger partial charge on any atom is -0.462 e. The Hall–Kier alpha value is -3.18. The van der Waals surface area contributed by atoms with Gasteiger partial charge in [0.05, 0.1) is 30.9 Å². The van der Waals surface area contributed by atoms with Crippen LogP contribution in [-0.2, 0) is 46.7 Å². The Balaban J connectivity index is 1.40. The summed E-state index contributed by atoms with van der Waals surface area (Å²) in [5.41, 5.74) is 2.49. The largest absolute Gasteiger partial charge is 0.462 e. The third-order valence-electron chi connectivity index (χ3n) is 6.67. The van der Waals surface area contributed by atoms with Crippen molar-refractivity contribution in [2.24, 2.45) is 0 Å². The Labute approximate surface area is 243 Å². The van der Waals surface area contributed by atoms with Crippen molar-refractivity contribution in [1.82, 2.24) is 20.1 Å². The summed E-state index contributed by atoms with van der Waals surface area (Å²) >= 11 is 2.79. The monoisotopic (exact) mass is 583 g/mol. The summed E-state index contributed by atoms with van der Waals surface area (Å²) in [7, 11) is 0. The fourth-order valence-corrected chi connectivity index (χ4v) is 6.74.